The van der Waals surface area contributed by atoms with Gasteiger partial charge in [-0.15, -0.1) is 0 Å². The van der Waals surface area contributed by atoms with E-state index in [1.165, 1.54) is 12.8 Å². The molecule has 3 aromatic rings. The first-order valence-electron chi connectivity index (χ1n) is 11.4. The number of hydrogen-bond acceptors (Lipinski definition) is 5. The molecule has 6 heteroatoms. The van der Waals surface area contributed by atoms with Crippen LogP contribution in [-0.2, 0) is 0 Å². The topological polar surface area (TPSA) is 54.9 Å². The average molecular weight is 432 g/mol. The highest BCUT2D eigenvalue weighted by molar-refractivity contribution is 6.06. The average Bonchev–Trinajstić information content (AvgIpc) is 3.69. The predicted octanol–water partition coefficient (Wildman–Crippen LogP) is 3.96. The van der Waals surface area contributed by atoms with Gasteiger partial charge in [-0.3, -0.25) is 14.7 Å². The summed E-state index contributed by atoms with van der Waals surface area (Å²) in [6.45, 7) is 4.65. The molecule has 0 atom stereocenters. The molecule has 2 aliphatic rings. The highest BCUT2D eigenvalue weighted by atomic mass is 16.5. The maximum absolute atomic E-state index is 13.4. The first kappa shape index (κ1) is 20.8. The van der Waals surface area contributed by atoms with E-state index in [2.05, 4.69) is 4.90 Å². The first-order chi connectivity index (χ1) is 15.7. The maximum atomic E-state index is 13.4. The molecule has 0 radical (unpaired) electrons. The van der Waals surface area contributed by atoms with Crippen LogP contribution in [0.15, 0.2) is 54.6 Å². The molecule has 1 aliphatic heterocycles. The number of benzene rings is 2. The molecule has 32 heavy (non-hydrogen) atoms. The minimum absolute atomic E-state index is 0.125. The van der Waals surface area contributed by atoms with Crippen molar-refractivity contribution >= 4 is 16.8 Å². The number of rotatable bonds is 7. The van der Waals surface area contributed by atoms with Crippen molar-refractivity contribution in [1.29, 1.82) is 0 Å². The summed E-state index contributed by atoms with van der Waals surface area (Å²) in [6, 6.07) is 17.7. The molecule has 2 fully saturated rings. The van der Waals surface area contributed by atoms with E-state index in [-0.39, 0.29) is 5.91 Å². The van der Waals surface area contributed by atoms with Gasteiger partial charge in [0.1, 0.15) is 18.1 Å². The number of hydrogen-bond donors (Lipinski definition) is 0. The summed E-state index contributed by atoms with van der Waals surface area (Å²) in [5.41, 5.74) is 2.80. The van der Waals surface area contributed by atoms with E-state index in [9.17, 15) is 4.79 Å². The Morgan fingerprint density at radius 3 is 2.44 bits per heavy atom. The van der Waals surface area contributed by atoms with Crippen molar-refractivity contribution in [3.8, 4) is 11.5 Å². The van der Waals surface area contributed by atoms with Crippen molar-refractivity contribution in [1.82, 2.24) is 14.8 Å². The van der Waals surface area contributed by atoms with E-state index >= 15 is 0 Å². The van der Waals surface area contributed by atoms with E-state index in [0.29, 0.717) is 12.5 Å². The van der Waals surface area contributed by atoms with E-state index < -0.39 is 0 Å². The summed E-state index contributed by atoms with van der Waals surface area (Å²) in [5.74, 6) is 2.31. The van der Waals surface area contributed by atoms with Crippen LogP contribution in [0.2, 0.25) is 0 Å². The monoisotopic (exact) mass is 431 g/mol. The van der Waals surface area contributed by atoms with Gasteiger partial charge in [0.2, 0.25) is 0 Å². The van der Waals surface area contributed by atoms with Gasteiger partial charge in [-0.05, 0) is 49.2 Å². The number of para-hydroxylation sites is 1. The predicted molar refractivity (Wildman–Crippen MR) is 125 cm³/mol. The van der Waals surface area contributed by atoms with Crippen LogP contribution < -0.4 is 9.47 Å². The molecule has 0 bridgehead atoms. The Hall–Kier alpha value is -3.12. The summed E-state index contributed by atoms with van der Waals surface area (Å²) in [5, 5.41) is 0.956. The number of ether oxygens (including phenoxy) is 2. The number of carbonyl (C=O) groups excluding carboxylic acids is 1. The fraction of sp³-hybridized carbons (Fsp3) is 0.385. The summed E-state index contributed by atoms with van der Waals surface area (Å²) in [7, 11) is 1.66. The maximum Gasteiger partial charge on any atom is 0.254 e. The van der Waals surface area contributed by atoms with Crippen LogP contribution >= 0.6 is 0 Å². The van der Waals surface area contributed by atoms with Crippen LogP contribution in [-0.4, -0.2) is 67.1 Å². The molecule has 1 aliphatic carbocycles. The molecule has 0 unspecified atom stereocenters. The largest absolute Gasteiger partial charge is 0.497 e. The molecule has 1 aromatic heterocycles. The molecule has 0 N–H and O–H groups in total. The lowest BCUT2D eigenvalue weighted by Gasteiger charge is -2.34. The van der Waals surface area contributed by atoms with Crippen molar-refractivity contribution in [2.75, 3.05) is 46.4 Å². The Balaban J connectivity index is 1.18. The SMILES string of the molecule is COc1ccc(OCCN2CCN(C(=O)c3cc(C4CC4)nc4ccccc34)CC2)cc1. The Morgan fingerprint density at radius 1 is 1.00 bits per heavy atom. The lowest BCUT2D eigenvalue weighted by molar-refractivity contribution is 0.0622. The number of aromatic nitrogens is 1. The molecule has 1 amide bonds. The number of pyridine rings is 1. The molecule has 166 valence electrons. The Bertz CT molecular complexity index is 1090. The zero-order valence-corrected chi connectivity index (χ0v) is 18.5. The highest BCUT2D eigenvalue weighted by Crippen LogP contribution is 2.40. The quantitative estimate of drug-likeness (QED) is 0.567. The van der Waals surface area contributed by atoms with Crippen LogP contribution in [0.5, 0.6) is 11.5 Å². The van der Waals surface area contributed by atoms with E-state index in [4.69, 9.17) is 14.5 Å². The van der Waals surface area contributed by atoms with Crippen molar-refractivity contribution in [3.63, 3.8) is 0 Å². The Kier molecular flexibility index (Phi) is 5.95. The standard InChI is InChI=1S/C26H29N3O3/c1-31-20-8-10-21(11-9-20)32-17-16-28-12-14-29(15-13-28)26(30)23-18-25(19-6-7-19)27-24-5-3-2-4-22(23)24/h2-5,8-11,18-19H,6-7,12-17H2,1H3. The van der Waals surface area contributed by atoms with Crippen molar-refractivity contribution < 1.29 is 14.3 Å². The molecule has 2 aromatic carbocycles. The molecular formula is C26H29N3O3. The fourth-order valence-electron chi connectivity index (χ4n) is 4.27. The Morgan fingerprint density at radius 2 is 1.72 bits per heavy atom. The van der Waals surface area contributed by atoms with Crippen LogP contribution in [0, 0.1) is 0 Å². The molecule has 2 heterocycles. The third-order valence-electron chi connectivity index (χ3n) is 6.36. The lowest BCUT2D eigenvalue weighted by atomic mass is 10.0. The van der Waals surface area contributed by atoms with Gasteiger partial charge in [0.05, 0.1) is 18.2 Å². The second-order valence-corrected chi connectivity index (χ2v) is 8.54. The minimum atomic E-state index is 0.125. The van der Waals surface area contributed by atoms with Gasteiger partial charge in [0.15, 0.2) is 0 Å². The number of nitrogens with zero attached hydrogens (tertiary/aromatic N) is 3. The molecule has 6 nitrogen and oxygen atoms in total. The number of methoxy groups -OCH3 is 1. The van der Waals surface area contributed by atoms with Gasteiger partial charge in [-0.25, -0.2) is 0 Å². The molecular weight excluding hydrogens is 402 g/mol. The zero-order valence-electron chi connectivity index (χ0n) is 18.5. The molecule has 1 saturated heterocycles. The Labute approximate surface area is 188 Å². The molecule has 1 saturated carbocycles. The van der Waals surface area contributed by atoms with Crippen molar-refractivity contribution in [2.45, 2.75) is 18.8 Å². The minimum Gasteiger partial charge on any atom is -0.497 e. The van der Waals surface area contributed by atoms with Crippen molar-refractivity contribution in [3.05, 3.63) is 65.9 Å². The fourth-order valence-corrected chi connectivity index (χ4v) is 4.27. The summed E-state index contributed by atoms with van der Waals surface area (Å²) in [4.78, 5) is 22.6. The van der Waals surface area contributed by atoms with Crippen LogP contribution in [0.1, 0.15) is 34.8 Å². The molecule has 5 rings (SSSR count). The van der Waals surface area contributed by atoms with Crippen LogP contribution in [0.4, 0.5) is 0 Å². The van der Waals surface area contributed by atoms with Gasteiger partial charge < -0.3 is 14.4 Å². The van der Waals surface area contributed by atoms with E-state index in [1.807, 2.05) is 59.5 Å². The summed E-state index contributed by atoms with van der Waals surface area (Å²) < 4.78 is 11.0. The van der Waals surface area contributed by atoms with Gasteiger partial charge in [-0.1, -0.05) is 18.2 Å². The summed E-state index contributed by atoms with van der Waals surface area (Å²) in [6.07, 6.45) is 2.35. The smallest absolute Gasteiger partial charge is 0.254 e. The van der Waals surface area contributed by atoms with Gasteiger partial charge >= 0.3 is 0 Å². The lowest BCUT2D eigenvalue weighted by Crippen LogP contribution is -2.49. The van der Waals surface area contributed by atoms with E-state index in [1.54, 1.807) is 7.11 Å². The number of amides is 1. The van der Waals surface area contributed by atoms with E-state index in [0.717, 1.165) is 66.4 Å². The molecule has 0 spiro atoms. The first-order valence-corrected chi connectivity index (χ1v) is 11.4. The van der Waals surface area contributed by atoms with Gasteiger partial charge in [0.25, 0.3) is 5.91 Å². The second kappa shape index (κ2) is 9.17. The van der Waals surface area contributed by atoms with Gasteiger partial charge in [-0.2, -0.15) is 0 Å². The van der Waals surface area contributed by atoms with Crippen LogP contribution in [0.25, 0.3) is 10.9 Å². The summed E-state index contributed by atoms with van der Waals surface area (Å²) >= 11 is 0. The van der Waals surface area contributed by atoms with Crippen molar-refractivity contribution in [2.24, 2.45) is 0 Å². The normalized spacial score (nSPS) is 16.8. The third kappa shape index (κ3) is 4.55. The highest BCUT2D eigenvalue weighted by Gasteiger charge is 2.29. The van der Waals surface area contributed by atoms with Crippen LogP contribution in [0.3, 0.4) is 0 Å². The zero-order chi connectivity index (χ0) is 21.9. The number of carbonyl (C=O) groups is 1. The number of piperazine rings is 1. The third-order valence-corrected chi connectivity index (χ3v) is 6.36. The second-order valence-electron chi connectivity index (χ2n) is 8.54. The van der Waals surface area contributed by atoms with Gasteiger partial charge in [0, 0.05) is 49.7 Å². The number of fused-ring (bicyclic) bond motifs is 1.